The molecule has 0 radical (unpaired) electrons. The standard InChI is InChI=1S/C28H39BrFN5O3/c1-18-15-20-23(22(30)21(18)29)31-25(37-19-7-6-11-33(5)12-8-19)32-24(20)34-13-9-28(10-14-34)16-35(17-28)26(36)38-27(2,3)4/h15,19H,6-14,16-17H2,1-5H3. The molecule has 1 aromatic heterocycles. The van der Waals surface area contributed by atoms with E-state index in [4.69, 9.17) is 14.5 Å². The number of halogens is 2. The number of likely N-dealkylation sites (tertiary alicyclic amines) is 2. The number of aryl methyl sites for hydroxylation is 1. The molecule has 1 spiro atoms. The van der Waals surface area contributed by atoms with Gasteiger partial charge in [0.05, 0.1) is 4.47 Å². The number of carbonyl (C=O) groups is 1. The second-order valence-corrected chi connectivity index (χ2v) is 13.1. The molecule has 3 aliphatic heterocycles. The average Bonchev–Trinajstić information content (AvgIpc) is 3.04. The van der Waals surface area contributed by atoms with E-state index < -0.39 is 5.60 Å². The van der Waals surface area contributed by atoms with E-state index in [2.05, 4.69) is 37.8 Å². The SMILES string of the molecule is Cc1cc2c(N3CCC4(CC3)CN(C(=O)OC(C)(C)C)C4)nc(OC3CCCN(C)CC3)nc2c(F)c1Br. The van der Waals surface area contributed by atoms with Crippen LogP contribution in [-0.2, 0) is 4.74 Å². The Morgan fingerprint density at radius 1 is 1.13 bits per heavy atom. The van der Waals surface area contributed by atoms with Crippen molar-refractivity contribution in [1.29, 1.82) is 0 Å². The summed E-state index contributed by atoms with van der Waals surface area (Å²) in [5.74, 6) is 0.345. The van der Waals surface area contributed by atoms with Crippen LogP contribution in [-0.4, -0.2) is 83.9 Å². The van der Waals surface area contributed by atoms with Gasteiger partial charge in [-0.3, -0.25) is 0 Å². The van der Waals surface area contributed by atoms with Crippen molar-refractivity contribution in [2.24, 2.45) is 5.41 Å². The van der Waals surface area contributed by atoms with Crippen LogP contribution in [0.2, 0.25) is 0 Å². The van der Waals surface area contributed by atoms with Crippen LogP contribution in [0.3, 0.4) is 0 Å². The van der Waals surface area contributed by atoms with Crippen LogP contribution >= 0.6 is 15.9 Å². The smallest absolute Gasteiger partial charge is 0.410 e. The van der Waals surface area contributed by atoms with Crippen molar-refractivity contribution in [1.82, 2.24) is 19.8 Å². The van der Waals surface area contributed by atoms with Gasteiger partial charge in [0, 0.05) is 43.5 Å². The van der Waals surface area contributed by atoms with E-state index in [-0.39, 0.29) is 35.0 Å². The van der Waals surface area contributed by atoms with E-state index in [9.17, 15) is 4.79 Å². The van der Waals surface area contributed by atoms with Crippen molar-refractivity contribution < 1.29 is 18.7 Å². The number of amides is 1. The second kappa shape index (κ2) is 10.4. The van der Waals surface area contributed by atoms with Crippen LogP contribution in [0.15, 0.2) is 10.5 Å². The lowest BCUT2D eigenvalue weighted by molar-refractivity contribution is -0.0434. The van der Waals surface area contributed by atoms with Crippen molar-refractivity contribution >= 4 is 38.7 Å². The number of rotatable bonds is 3. The number of fused-ring (bicyclic) bond motifs is 1. The third kappa shape index (κ3) is 5.71. The van der Waals surface area contributed by atoms with E-state index in [0.717, 1.165) is 69.7 Å². The van der Waals surface area contributed by atoms with Gasteiger partial charge in [0.2, 0.25) is 0 Å². The Hall–Kier alpha value is -2.20. The summed E-state index contributed by atoms with van der Waals surface area (Å²) in [6.07, 6.45) is 4.52. The summed E-state index contributed by atoms with van der Waals surface area (Å²) in [6.45, 7) is 12.5. The first-order chi connectivity index (χ1) is 17.9. The van der Waals surface area contributed by atoms with Gasteiger partial charge in [-0.1, -0.05) is 0 Å². The highest BCUT2D eigenvalue weighted by Gasteiger charge is 2.48. The number of nitrogens with zero attached hydrogens (tertiary/aromatic N) is 5. The zero-order valence-corrected chi connectivity index (χ0v) is 24.7. The molecular weight excluding hydrogens is 553 g/mol. The molecule has 5 rings (SSSR count). The average molecular weight is 593 g/mol. The van der Waals surface area contributed by atoms with Crippen molar-refractivity contribution in [3.8, 4) is 6.01 Å². The maximum absolute atomic E-state index is 15.4. The molecule has 1 aromatic carbocycles. The molecule has 1 atom stereocenters. The number of hydrogen-bond acceptors (Lipinski definition) is 7. The highest BCUT2D eigenvalue weighted by Crippen LogP contribution is 2.43. The van der Waals surface area contributed by atoms with Gasteiger partial charge >= 0.3 is 12.1 Å². The zero-order valence-electron chi connectivity index (χ0n) is 23.1. The van der Waals surface area contributed by atoms with Gasteiger partial charge in [0.1, 0.15) is 23.0 Å². The summed E-state index contributed by atoms with van der Waals surface area (Å²) in [7, 11) is 2.13. The van der Waals surface area contributed by atoms with E-state index in [0.29, 0.717) is 22.9 Å². The van der Waals surface area contributed by atoms with Gasteiger partial charge in [0.25, 0.3) is 0 Å². The summed E-state index contributed by atoms with van der Waals surface area (Å²) in [4.78, 5) is 28.2. The molecule has 0 saturated carbocycles. The Kier molecular flexibility index (Phi) is 7.50. The predicted molar refractivity (Wildman–Crippen MR) is 149 cm³/mol. The number of piperidine rings is 1. The number of aromatic nitrogens is 2. The summed E-state index contributed by atoms with van der Waals surface area (Å²) < 4.78 is 27.7. The quantitative estimate of drug-likeness (QED) is 0.464. The lowest BCUT2D eigenvalue weighted by Crippen LogP contribution is -2.62. The van der Waals surface area contributed by atoms with Crippen molar-refractivity contribution in [2.45, 2.75) is 71.5 Å². The van der Waals surface area contributed by atoms with E-state index >= 15 is 4.39 Å². The number of ether oxygens (including phenoxy) is 2. The van der Waals surface area contributed by atoms with Crippen molar-refractivity contribution in [3.63, 3.8) is 0 Å². The summed E-state index contributed by atoms with van der Waals surface area (Å²) in [6, 6.07) is 2.21. The topological polar surface area (TPSA) is 71.0 Å². The molecule has 3 aliphatic rings. The maximum atomic E-state index is 15.4. The van der Waals surface area contributed by atoms with Gasteiger partial charge in [-0.15, -0.1) is 0 Å². The lowest BCUT2D eigenvalue weighted by Gasteiger charge is -2.53. The third-order valence-electron chi connectivity index (χ3n) is 8.01. The van der Waals surface area contributed by atoms with Crippen LogP contribution in [0, 0.1) is 18.2 Å². The fourth-order valence-electron chi connectivity index (χ4n) is 5.79. The van der Waals surface area contributed by atoms with E-state index in [1.54, 1.807) is 4.90 Å². The number of carbonyl (C=O) groups excluding carboxylic acids is 1. The van der Waals surface area contributed by atoms with E-state index in [1.165, 1.54) is 0 Å². The van der Waals surface area contributed by atoms with Crippen LogP contribution in [0.1, 0.15) is 58.4 Å². The fraction of sp³-hybridized carbons (Fsp3) is 0.679. The van der Waals surface area contributed by atoms with Crippen LogP contribution in [0.5, 0.6) is 6.01 Å². The Labute approximate surface area is 233 Å². The molecular formula is C28H39BrFN5O3. The molecule has 1 amide bonds. The zero-order chi connectivity index (χ0) is 27.2. The Bertz CT molecular complexity index is 1200. The highest BCUT2D eigenvalue weighted by molar-refractivity contribution is 9.10. The molecule has 8 nitrogen and oxygen atoms in total. The largest absolute Gasteiger partial charge is 0.460 e. The molecule has 3 saturated heterocycles. The van der Waals surface area contributed by atoms with Crippen molar-refractivity contribution in [3.05, 3.63) is 21.9 Å². The molecule has 1 unspecified atom stereocenters. The molecule has 0 bridgehead atoms. The summed E-state index contributed by atoms with van der Waals surface area (Å²) >= 11 is 3.39. The van der Waals surface area contributed by atoms with Crippen LogP contribution in [0.25, 0.3) is 10.9 Å². The second-order valence-electron chi connectivity index (χ2n) is 12.3. The first-order valence-electron chi connectivity index (χ1n) is 13.7. The molecule has 0 N–H and O–H groups in total. The highest BCUT2D eigenvalue weighted by atomic mass is 79.9. The number of benzene rings is 1. The van der Waals surface area contributed by atoms with Gasteiger partial charge in [-0.25, -0.2) is 9.18 Å². The van der Waals surface area contributed by atoms with Gasteiger partial charge in [-0.2, -0.15) is 9.97 Å². The number of anilines is 1. The van der Waals surface area contributed by atoms with E-state index in [1.807, 2.05) is 33.8 Å². The van der Waals surface area contributed by atoms with Gasteiger partial charge < -0.3 is 24.2 Å². The van der Waals surface area contributed by atoms with Gasteiger partial charge in [-0.05, 0) is 101 Å². The van der Waals surface area contributed by atoms with Crippen LogP contribution < -0.4 is 9.64 Å². The Balaban J connectivity index is 1.35. The molecule has 38 heavy (non-hydrogen) atoms. The molecule has 2 aromatic rings. The summed E-state index contributed by atoms with van der Waals surface area (Å²) in [5.41, 5.74) is 0.701. The normalized spacial score (nSPS) is 22.3. The minimum Gasteiger partial charge on any atom is -0.460 e. The molecule has 0 aliphatic carbocycles. The molecule has 208 valence electrons. The Morgan fingerprint density at radius 2 is 1.84 bits per heavy atom. The maximum Gasteiger partial charge on any atom is 0.410 e. The third-order valence-corrected chi connectivity index (χ3v) is 8.98. The molecule has 3 fully saturated rings. The number of hydrogen-bond donors (Lipinski definition) is 0. The summed E-state index contributed by atoms with van der Waals surface area (Å²) in [5, 5.41) is 0.705. The van der Waals surface area contributed by atoms with Gasteiger partial charge in [0.15, 0.2) is 5.82 Å². The minimum atomic E-state index is -0.494. The first kappa shape index (κ1) is 27.4. The Morgan fingerprint density at radius 3 is 2.53 bits per heavy atom. The fourth-order valence-corrected chi connectivity index (χ4v) is 6.10. The lowest BCUT2D eigenvalue weighted by atomic mass is 9.72. The molecule has 10 heteroatoms. The predicted octanol–water partition coefficient (Wildman–Crippen LogP) is 5.54. The monoisotopic (exact) mass is 591 g/mol. The van der Waals surface area contributed by atoms with Crippen LogP contribution in [0.4, 0.5) is 15.0 Å². The minimum absolute atomic E-state index is 0.0145. The first-order valence-corrected chi connectivity index (χ1v) is 14.5. The molecule has 4 heterocycles. The van der Waals surface area contributed by atoms with Crippen molar-refractivity contribution in [2.75, 3.05) is 51.2 Å².